The first-order valence-corrected chi connectivity index (χ1v) is 5.81. The van der Waals surface area contributed by atoms with Crippen molar-refractivity contribution in [2.45, 2.75) is 13.3 Å². The van der Waals surface area contributed by atoms with E-state index in [2.05, 4.69) is 20.9 Å². The Kier molecular flexibility index (Phi) is 3.02. The normalized spacial score (nSPS) is 10.7. The number of fused-ring (bicyclic) bond motifs is 1. The first-order chi connectivity index (χ1) is 7.99. The van der Waals surface area contributed by atoms with E-state index in [9.17, 15) is 9.59 Å². The number of pyridine rings is 1. The van der Waals surface area contributed by atoms with E-state index >= 15 is 0 Å². The average Bonchev–Trinajstić information content (AvgIpc) is 2.23. The summed E-state index contributed by atoms with van der Waals surface area (Å²) >= 11 is 3.32. The fraction of sp³-hybridized carbons (Fsp3) is 0.167. The highest BCUT2D eigenvalue weighted by Gasteiger charge is 2.12. The molecule has 0 bridgehead atoms. The van der Waals surface area contributed by atoms with Gasteiger partial charge in [0.25, 0.3) is 0 Å². The molecule has 0 amide bonds. The van der Waals surface area contributed by atoms with Gasteiger partial charge in [-0.3, -0.25) is 9.59 Å². The van der Waals surface area contributed by atoms with E-state index in [4.69, 9.17) is 5.11 Å². The lowest BCUT2D eigenvalue weighted by atomic mass is 10.1. The Morgan fingerprint density at radius 3 is 2.82 bits per heavy atom. The number of carboxylic acid groups (broad SMARTS) is 1. The van der Waals surface area contributed by atoms with E-state index in [0.29, 0.717) is 22.2 Å². The third-order valence-corrected chi connectivity index (χ3v) is 3.10. The van der Waals surface area contributed by atoms with Crippen LogP contribution in [-0.2, 0) is 11.2 Å². The average molecular weight is 296 g/mol. The van der Waals surface area contributed by atoms with Gasteiger partial charge in [0.05, 0.1) is 11.9 Å². The summed E-state index contributed by atoms with van der Waals surface area (Å²) in [7, 11) is 0. The van der Waals surface area contributed by atoms with Crippen molar-refractivity contribution in [1.82, 2.24) is 4.98 Å². The zero-order valence-electron chi connectivity index (χ0n) is 9.08. The van der Waals surface area contributed by atoms with Gasteiger partial charge in [-0.25, -0.2) is 0 Å². The molecule has 0 aliphatic rings. The maximum Gasteiger partial charge on any atom is 0.308 e. The largest absolute Gasteiger partial charge is 0.481 e. The second-order valence-electron chi connectivity index (χ2n) is 3.82. The summed E-state index contributed by atoms with van der Waals surface area (Å²) in [6.07, 6.45) is -0.257. The van der Waals surface area contributed by atoms with Crippen LogP contribution < -0.4 is 5.43 Å². The predicted molar refractivity (Wildman–Crippen MR) is 68.3 cm³/mol. The number of aliphatic carboxylic acids is 1. The molecule has 88 valence electrons. The molecule has 0 radical (unpaired) electrons. The number of aryl methyl sites for hydroxylation is 1. The number of aromatic amines is 1. The molecule has 0 fully saturated rings. The number of benzene rings is 1. The quantitative estimate of drug-likeness (QED) is 0.892. The topological polar surface area (TPSA) is 70.2 Å². The molecule has 5 heteroatoms. The molecule has 1 aromatic carbocycles. The number of carbonyl (C=O) groups is 1. The predicted octanol–water partition coefficient (Wildman–Crippen LogP) is 2.23. The third-order valence-electron chi connectivity index (χ3n) is 2.60. The molecule has 0 aliphatic carbocycles. The molecule has 2 rings (SSSR count). The Hall–Kier alpha value is -1.62. The first kappa shape index (κ1) is 11.9. The summed E-state index contributed by atoms with van der Waals surface area (Å²) < 4.78 is 0.867. The van der Waals surface area contributed by atoms with E-state index in [1.165, 1.54) is 0 Å². The molecule has 0 saturated heterocycles. The molecule has 2 aromatic rings. The molecule has 4 nitrogen and oxygen atoms in total. The number of nitrogens with one attached hydrogen (secondary N) is 1. The number of H-pyrrole nitrogens is 1. The van der Waals surface area contributed by atoms with Gasteiger partial charge >= 0.3 is 5.97 Å². The van der Waals surface area contributed by atoms with Gasteiger partial charge < -0.3 is 10.1 Å². The zero-order valence-corrected chi connectivity index (χ0v) is 10.7. The van der Waals surface area contributed by atoms with Crippen molar-refractivity contribution >= 4 is 32.8 Å². The van der Waals surface area contributed by atoms with Crippen molar-refractivity contribution in [2.75, 3.05) is 0 Å². The highest BCUT2D eigenvalue weighted by Crippen LogP contribution is 2.17. The number of hydrogen-bond donors (Lipinski definition) is 2. The van der Waals surface area contributed by atoms with E-state index in [1.54, 1.807) is 25.1 Å². The molecular weight excluding hydrogens is 286 g/mol. The molecule has 0 saturated carbocycles. The van der Waals surface area contributed by atoms with Gasteiger partial charge in [-0.1, -0.05) is 15.9 Å². The number of rotatable bonds is 2. The second kappa shape index (κ2) is 4.33. The van der Waals surface area contributed by atoms with Crippen molar-refractivity contribution in [1.29, 1.82) is 0 Å². The van der Waals surface area contributed by atoms with Gasteiger partial charge in [-0.15, -0.1) is 0 Å². The van der Waals surface area contributed by atoms with Crippen LogP contribution >= 0.6 is 15.9 Å². The van der Waals surface area contributed by atoms with Crippen LogP contribution in [0.3, 0.4) is 0 Å². The van der Waals surface area contributed by atoms with E-state index in [0.717, 1.165) is 4.47 Å². The van der Waals surface area contributed by atoms with Crippen LogP contribution in [0.2, 0.25) is 0 Å². The van der Waals surface area contributed by atoms with Crippen molar-refractivity contribution in [2.24, 2.45) is 0 Å². The van der Waals surface area contributed by atoms with Gasteiger partial charge in [0, 0.05) is 21.1 Å². The Bertz CT molecular complexity index is 661. The van der Waals surface area contributed by atoms with Gasteiger partial charge in [0.2, 0.25) is 0 Å². The molecule has 1 heterocycles. The SMILES string of the molecule is Cc1[nH]c2cc(Br)ccc2c(=O)c1CC(=O)O. The zero-order chi connectivity index (χ0) is 12.6. The minimum atomic E-state index is -1.00. The van der Waals surface area contributed by atoms with Gasteiger partial charge in [0.1, 0.15) is 0 Å². The monoisotopic (exact) mass is 295 g/mol. The van der Waals surface area contributed by atoms with Crippen molar-refractivity contribution < 1.29 is 9.90 Å². The number of halogens is 1. The van der Waals surface area contributed by atoms with Crippen molar-refractivity contribution in [3.05, 3.63) is 44.2 Å². The highest BCUT2D eigenvalue weighted by molar-refractivity contribution is 9.10. The molecule has 0 unspecified atom stereocenters. The van der Waals surface area contributed by atoms with Crippen LogP contribution in [0.4, 0.5) is 0 Å². The highest BCUT2D eigenvalue weighted by atomic mass is 79.9. The Morgan fingerprint density at radius 1 is 1.47 bits per heavy atom. The second-order valence-corrected chi connectivity index (χ2v) is 4.73. The minimum Gasteiger partial charge on any atom is -0.481 e. The number of aromatic nitrogens is 1. The standard InChI is InChI=1S/C12H10BrNO3/c1-6-9(5-11(15)16)12(17)8-3-2-7(13)4-10(8)14-6/h2-4H,5H2,1H3,(H,14,17)(H,15,16). The lowest BCUT2D eigenvalue weighted by Gasteiger charge is -2.06. The van der Waals surface area contributed by atoms with E-state index < -0.39 is 5.97 Å². The molecule has 2 N–H and O–H groups in total. The summed E-state index contributed by atoms with van der Waals surface area (Å²) in [5.74, 6) is -1.00. The molecule has 0 aliphatic heterocycles. The molecule has 1 aromatic heterocycles. The van der Waals surface area contributed by atoms with E-state index in [-0.39, 0.29) is 11.8 Å². The fourth-order valence-electron chi connectivity index (χ4n) is 1.79. The van der Waals surface area contributed by atoms with Crippen molar-refractivity contribution in [3.63, 3.8) is 0 Å². The summed E-state index contributed by atoms with van der Waals surface area (Å²) in [4.78, 5) is 25.9. The Labute approximate surface area is 105 Å². The Balaban J connectivity index is 2.76. The fourth-order valence-corrected chi connectivity index (χ4v) is 2.15. The maximum absolute atomic E-state index is 12.1. The van der Waals surface area contributed by atoms with Crippen LogP contribution in [0.1, 0.15) is 11.3 Å². The summed E-state index contributed by atoms with van der Waals surface area (Å²) in [6, 6.07) is 5.24. The Morgan fingerprint density at radius 2 is 2.18 bits per heavy atom. The minimum absolute atomic E-state index is 0.217. The molecule has 17 heavy (non-hydrogen) atoms. The van der Waals surface area contributed by atoms with Crippen LogP contribution in [-0.4, -0.2) is 16.1 Å². The molecule has 0 spiro atoms. The number of carboxylic acids is 1. The van der Waals surface area contributed by atoms with Crippen LogP contribution in [0.5, 0.6) is 0 Å². The van der Waals surface area contributed by atoms with Crippen LogP contribution in [0, 0.1) is 6.92 Å². The summed E-state index contributed by atoms with van der Waals surface area (Å²) in [6.45, 7) is 1.71. The molecule has 0 atom stereocenters. The lowest BCUT2D eigenvalue weighted by molar-refractivity contribution is -0.136. The van der Waals surface area contributed by atoms with Gasteiger partial charge in [-0.2, -0.15) is 0 Å². The van der Waals surface area contributed by atoms with Crippen LogP contribution in [0.15, 0.2) is 27.5 Å². The third kappa shape index (κ3) is 2.24. The number of hydrogen-bond acceptors (Lipinski definition) is 2. The first-order valence-electron chi connectivity index (χ1n) is 5.02. The lowest BCUT2D eigenvalue weighted by Crippen LogP contribution is -2.17. The van der Waals surface area contributed by atoms with Crippen molar-refractivity contribution in [3.8, 4) is 0 Å². The van der Waals surface area contributed by atoms with Gasteiger partial charge in [-0.05, 0) is 25.1 Å². The smallest absolute Gasteiger partial charge is 0.308 e. The summed E-state index contributed by atoms with van der Waals surface area (Å²) in [5, 5.41) is 9.28. The summed E-state index contributed by atoms with van der Waals surface area (Å²) in [5.41, 5.74) is 1.40. The van der Waals surface area contributed by atoms with E-state index in [1.807, 2.05) is 0 Å². The van der Waals surface area contributed by atoms with Gasteiger partial charge in [0.15, 0.2) is 5.43 Å². The maximum atomic E-state index is 12.1. The molecular formula is C12H10BrNO3. The van der Waals surface area contributed by atoms with Crippen LogP contribution in [0.25, 0.3) is 10.9 Å².